The Labute approximate surface area is 238 Å². The molecule has 2 amide bonds. The van der Waals surface area contributed by atoms with Crippen LogP contribution in [-0.2, 0) is 9.53 Å². The van der Waals surface area contributed by atoms with Gasteiger partial charge in [-0.25, -0.2) is 13.8 Å². The van der Waals surface area contributed by atoms with E-state index in [0.717, 1.165) is 6.07 Å². The molecule has 0 unspecified atom stereocenters. The molecule has 0 spiro atoms. The summed E-state index contributed by atoms with van der Waals surface area (Å²) in [7, 11) is 0. The SMILES string of the molecule is CCOCC(=O)Nc1cn2cc(Oc3ccc(NC(=O)c4ccc(C)n(-c5ccc(F)cc5)c4=O)cc3F)ccc2n1. The summed E-state index contributed by atoms with van der Waals surface area (Å²) in [6.07, 6.45) is 3.15. The molecule has 2 aromatic carbocycles. The number of rotatable bonds is 9. The number of benzene rings is 2. The van der Waals surface area contributed by atoms with E-state index in [1.54, 1.807) is 48.8 Å². The molecule has 5 aromatic rings. The van der Waals surface area contributed by atoms with E-state index in [4.69, 9.17) is 9.47 Å². The van der Waals surface area contributed by atoms with E-state index in [9.17, 15) is 23.2 Å². The Morgan fingerprint density at radius 2 is 1.74 bits per heavy atom. The van der Waals surface area contributed by atoms with Gasteiger partial charge in [0.15, 0.2) is 17.4 Å². The first-order valence-corrected chi connectivity index (χ1v) is 12.9. The monoisotopic (exact) mass is 573 g/mol. The summed E-state index contributed by atoms with van der Waals surface area (Å²) in [4.78, 5) is 42.2. The topological polar surface area (TPSA) is 116 Å². The van der Waals surface area contributed by atoms with E-state index in [2.05, 4.69) is 15.6 Å². The highest BCUT2D eigenvalue weighted by molar-refractivity contribution is 6.04. The van der Waals surface area contributed by atoms with E-state index in [1.165, 1.54) is 47.0 Å². The van der Waals surface area contributed by atoms with Gasteiger partial charge in [0, 0.05) is 29.7 Å². The molecule has 0 radical (unpaired) electrons. The smallest absolute Gasteiger partial charge is 0.268 e. The predicted molar refractivity (Wildman–Crippen MR) is 151 cm³/mol. The quantitative estimate of drug-likeness (QED) is 0.254. The lowest BCUT2D eigenvalue weighted by Gasteiger charge is -2.13. The molecule has 0 saturated heterocycles. The number of nitrogens with zero attached hydrogens (tertiary/aromatic N) is 3. The average molecular weight is 574 g/mol. The van der Waals surface area contributed by atoms with Crippen molar-refractivity contribution in [1.82, 2.24) is 14.0 Å². The Bertz CT molecular complexity index is 1850. The average Bonchev–Trinajstić information content (AvgIpc) is 3.35. The molecule has 0 aliphatic heterocycles. The fraction of sp³-hybridized carbons (Fsp3) is 0.133. The number of amides is 2. The maximum absolute atomic E-state index is 15.0. The predicted octanol–water partition coefficient (Wildman–Crippen LogP) is 5.09. The minimum Gasteiger partial charge on any atom is -0.453 e. The zero-order valence-corrected chi connectivity index (χ0v) is 22.6. The van der Waals surface area contributed by atoms with Gasteiger partial charge < -0.3 is 24.5 Å². The van der Waals surface area contributed by atoms with Crippen LogP contribution in [0.3, 0.4) is 0 Å². The Hall–Kier alpha value is -5.36. The summed E-state index contributed by atoms with van der Waals surface area (Å²) in [5.41, 5.74) is 0.807. The van der Waals surface area contributed by atoms with Crippen LogP contribution in [0.25, 0.3) is 11.3 Å². The summed E-state index contributed by atoms with van der Waals surface area (Å²) in [5.74, 6) is -1.78. The molecule has 0 saturated carbocycles. The van der Waals surface area contributed by atoms with Crippen LogP contribution in [0, 0.1) is 18.6 Å². The third-order valence-electron chi connectivity index (χ3n) is 6.15. The standard InChI is InChI=1S/C30H25F2N5O5/c1-3-41-17-28(38)35-26-16-36-15-22(10-13-27(36)34-26)42-25-12-7-20(14-24(25)32)33-29(39)23-11-4-18(2)37(30(23)40)21-8-5-19(31)6-9-21/h4-16H,3,17H2,1-2H3,(H,33,39)(H,35,38). The molecule has 0 aliphatic carbocycles. The normalized spacial score (nSPS) is 11.0. The van der Waals surface area contributed by atoms with E-state index < -0.39 is 23.1 Å². The second kappa shape index (κ2) is 12.0. The highest BCUT2D eigenvalue weighted by Crippen LogP contribution is 2.27. The van der Waals surface area contributed by atoms with Crippen molar-refractivity contribution in [2.45, 2.75) is 13.8 Å². The highest BCUT2D eigenvalue weighted by atomic mass is 19.1. The van der Waals surface area contributed by atoms with Crippen LogP contribution >= 0.6 is 0 Å². The van der Waals surface area contributed by atoms with Gasteiger partial charge in [0.2, 0.25) is 0 Å². The van der Waals surface area contributed by atoms with Crippen LogP contribution in [0.15, 0.2) is 83.9 Å². The minimum atomic E-state index is -0.755. The van der Waals surface area contributed by atoms with E-state index in [1.807, 2.05) is 0 Å². The fourth-order valence-corrected chi connectivity index (χ4v) is 4.17. The van der Waals surface area contributed by atoms with Crippen LogP contribution in [0.5, 0.6) is 11.5 Å². The number of aromatic nitrogens is 3. The molecule has 0 atom stereocenters. The summed E-state index contributed by atoms with van der Waals surface area (Å²) in [5, 5.41) is 5.16. The Kier molecular flexibility index (Phi) is 8.07. The van der Waals surface area contributed by atoms with E-state index in [0.29, 0.717) is 35.2 Å². The molecule has 10 nitrogen and oxygen atoms in total. The van der Waals surface area contributed by atoms with Crippen molar-refractivity contribution in [3.63, 3.8) is 0 Å². The molecular weight excluding hydrogens is 548 g/mol. The molecule has 42 heavy (non-hydrogen) atoms. The van der Waals surface area contributed by atoms with Crippen LogP contribution in [-0.4, -0.2) is 39.0 Å². The van der Waals surface area contributed by atoms with Crippen LogP contribution in [0.4, 0.5) is 20.3 Å². The number of anilines is 2. The number of hydrogen-bond acceptors (Lipinski definition) is 6. The first kappa shape index (κ1) is 28.2. The Morgan fingerprint density at radius 1 is 0.952 bits per heavy atom. The van der Waals surface area contributed by atoms with Gasteiger partial charge in [0.25, 0.3) is 17.4 Å². The summed E-state index contributed by atoms with van der Waals surface area (Å²) >= 11 is 0. The third kappa shape index (κ3) is 6.18. The zero-order valence-electron chi connectivity index (χ0n) is 22.6. The van der Waals surface area contributed by atoms with Gasteiger partial charge in [-0.1, -0.05) is 0 Å². The van der Waals surface area contributed by atoms with Gasteiger partial charge in [-0.2, -0.15) is 0 Å². The molecule has 5 rings (SSSR count). The number of hydrogen-bond donors (Lipinski definition) is 2. The van der Waals surface area contributed by atoms with Crippen molar-refractivity contribution >= 4 is 29.0 Å². The van der Waals surface area contributed by atoms with Crippen molar-refractivity contribution in [3.8, 4) is 17.2 Å². The van der Waals surface area contributed by atoms with E-state index in [-0.39, 0.29) is 29.5 Å². The Morgan fingerprint density at radius 3 is 2.48 bits per heavy atom. The van der Waals surface area contributed by atoms with Gasteiger partial charge in [0.05, 0.1) is 12.4 Å². The summed E-state index contributed by atoms with van der Waals surface area (Å²) < 4.78 is 42.0. The van der Waals surface area contributed by atoms with Crippen molar-refractivity contribution in [2.75, 3.05) is 23.8 Å². The number of halogens is 2. The number of aryl methyl sites for hydroxylation is 1. The van der Waals surface area contributed by atoms with Gasteiger partial charge in [-0.15, -0.1) is 0 Å². The molecule has 3 heterocycles. The number of fused-ring (bicyclic) bond motifs is 1. The van der Waals surface area contributed by atoms with Crippen molar-refractivity contribution in [3.05, 3.63) is 112 Å². The van der Waals surface area contributed by atoms with Gasteiger partial charge in [-0.05, 0) is 74.5 Å². The van der Waals surface area contributed by atoms with Crippen LogP contribution < -0.4 is 20.9 Å². The summed E-state index contributed by atoms with van der Waals surface area (Å²) in [6, 6.07) is 15.4. The largest absolute Gasteiger partial charge is 0.453 e. The number of imidazole rings is 1. The molecule has 12 heteroatoms. The van der Waals surface area contributed by atoms with Gasteiger partial charge in [-0.3, -0.25) is 19.0 Å². The van der Waals surface area contributed by atoms with Crippen molar-refractivity contribution < 1.29 is 27.8 Å². The lowest BCUT2D eigenvalue weighted by molar-refractivity contribution is -0.120. The number of nitrogens with one attached hydrogen (secondary N) is 2. The van der Waals surface area contributed by atoms with Gasteiger partial charge >= 0.3 is 0 Å². The molecule has 0 aliphatic rings. The van der Waals surface area contributed by atoms with E-state index >= 15 is 0 Å². The van der Waals surface area contributed by atoms with Crippen LogP contribution in [0.2, 0.25) is 0 Å². The number of carbonyl (C=O) groups is 2. The highest BCUT2D eigenvalue weighted by Gasteiger charge is 2.17. The maximum atomic E-state index is 15.0. The summed E-state index contributed by atoms with van der Waals surface area (Å²) in [6.45, 7) is 3.79. The fourth-order valence-electron chi connectivity index (χ4n) is 4.17. The van der Waals surface area contributed by atoms with Crippen LogP contribution in [0.1, 0.15) is 23.0 Å². The van der Waals surface area contributed by atoms with Crippen molar-refractivity contribution in [2.24, 2.45) is 0 Å². The Balaban J connectivity index is 1.29. The number of carbonyl (C=O) groups excluding carboxylic acids is 2. The zero-order chi connectivity index (χ0) is 29.8. The van der Waals surface area contributed by atoms with Gasteiger partial charge in [0.1, 0.15) is 29.4 Å². The molecular formula is C30H25F2N5O5. The molecule has 3 aromatic heterocycles. The first-order valence-electron chi connectivity index (χ1n) is 12.9. The minimum absolute atomic E-state index is 0.0898. The maximum Gasteiger partial charge on any atom is 0.268 e. The third-order valence-corrected chi connectivity index (χ3v) is 6.15. The lowest BCUT2D eigenvalue weighted by atomic mass is 10.2. The molecule has 0 fully saturated rings. The van der Waals surface area contributed by atoms with Crippen molar-refractivity contribution in [1.29, 1.82) is 0 Å². The second-order valence-electron chi connectivity index (χ2n) is 9.15. The number of pyridine rings is 2. The molecule has 214 valence electrons. The first-order chi connectivity index (χ1) is 20.2. The molecule has 0 bridgehead atoms. The molecule has 2 N–H and O–H groups in total. The second-order valence-corrected chi connectivity index (χ2v) is 9.15. The lowest BCUT2D eigenvalue weighted by Crippen LogP contribution is -2.29. The number of ether oxygens (including phenoxy) is 2.